The first kappa shape index (κ1) is 23.0. The monoisotopic (exact) mass is 492 g/mol. The normalized spacial score (nSPS) is 11.1. The van der Waals surface area contributed by atoms with Gasteiger partial charge < -0.3 is 14.0 Å². The average molecular weight is 492 g/mol. The zero-order chi connectivity index (χ0) is 25.4. The minimum Gasteiger partial charge on any atom is -0.493 e. The second-order valence-electron chi connectivity index (χ2n) is 7.70. The van der Waals surface area contributed by atoms with Gasteiger partial charge in [0.2, 0.25) is 11.7 Å². The van der Waals surface area contributed by atoms with E-state index in [2.05, 4.69) is 10.1 Å². The molecule has 5 aromatic rings. The van der Waals surface area contributed by atoms with Crippen molar-refractivity contribution in [2.75, 3.05) is 14.2 Å². The molecule has 0 bridgehead atoms. The maximum atomic E-state index is 14.5. The van der Waals surface area contributed by atoms with Crippen molar-refractivity contribution in [1.82, 2.24) is 19.3 Å². The van der Waals surface area contributed by atoms with Crippen molar-refractivity contribution in [2.45, 2.75) is 6.54 Å². The summed E-state index contributed by atoms with van der Waals surface area (Å²) in [7, 11) is 3.01. The Morgan fingerprint density at radius 2 is 1.72 bits per heavy atom. The van der Waals surface area contributed by atoms with Crippen LogP contribution in [0.2, 0.25) is 0 Å². The lowest BCUT2D eigenvalue weighted by molar-refractivity contribution is 0.355. The summed E-state index contributed by atoms with van der Waals surface area (Å²) in [6.45, 7) is -0.225. The Morgan fingerprint density at radius 3 is 2.50 bits per heavy atom. The number of fused-ring (bicyclic) bond motifs is 1. The Bertz CT molecular complexity index is 1720. The van der Waals surface area contributed by atoms with E-state index < -0.39 is 28.6 Å². The molecule has 0 saturated carbocycles. The summed E-state index contributed by atoms with van der Waals surface area (Å²) in [5.74, 6) is -0.452. The molecule has 0 atom stereocenters. The number of ether oxygens (including phenoxy) is 2. The van der Waals surface area contributed by atoms with E-state index in [-0.39, 0.29) is 29.2 Å². The molecule has 182 valence electrons. The van der Waals surface area contributed by atoms with Crippen molar-refractivity contribution in [2.24, 2.45) is 0 Å². The minimum absolute atomic E-state index is 0.0527. The summed E-state index contributed by atoms with van der Waals surface area (Å²) >= 11 is 0. The highest BCUT2D eigenvalue weighted by atomic mass is 19.1. The highest BCUT2D eigenvalue weighted by molar-refractivity contribution is 5.78. The van der Waals surface area contributed by atoms with E-state index in [9.17, 15) is 18.4 Å². The van der Waals surface area contributed by atoms with E-state index in [4.69, 9.17) is 14.0 Å². The van der Waals surface area contributed by atoms with Crippen LogP contribution in [0.5, 0.6) is 11.5 Å². The Balaban J connectivity index is 1.63. The molecule has 2 heterocycles. The van der Waals surface area contributed by atoms with Gasteiger partial charge in [0.25, 0.3) is 5.56 Å². The highest BCUT2D eigenvalue weighted by Crippen LogP contribution is 2.31. The first-order chi connectivity index (χ1) is 17.4. The van der Waals surface area contributed by atoms with Gasteiger partial charge in [-0.15, -0.1) is 0 Å². The molecule has 3 aromatic carbocycles. The molecule has 36 heavy (non-hydrogen) atoms. The number of nitrogens with zero attached hydrogens (tertiary/aromatic N) is 4. The van der Waals surface area contributed by atoms with Crippen LogP contribution in [-0.4, -0.2) is 33.5 Å². The molecule has 0 aliphatic carbocycles. The van der Waals surface area contributed by atoms with E-state index in [1.165, 1.54) is 24.9 Å². The fraction of sp³-hybridized carbons (Fsp3) is 0.120. The van der Waals surface area contributed by atoms with Gasteiger partial charge in [-0.2, -0.15) is 4.98 Å². The lowest BCUT2D eigenvalue weighted by Gasteiger charge is -2.13. The lowest BCUT2D eigenvalue weighted by atomic mass is 10.2. The molecular formula is C25H18F2N4O5. The number of methoxy groups -OCH3 is 2. The summed E-state index contributed by atoms with van der Waals surface area (Å²) in [5, 5.41) is 4.10. The third-order valence-corrected chi connectivity index (χ3v) is 5.60. The molecule has 0 spiro atoms. The molecule has 0 amide bonds. The molecular weight excluding hydrogens is 474 g/mol. The predicted octanol–water partition coefficient (Wildman–Crippen LogP) is 3.55. The summed E-state index contributed by atoms with van der Waals surface area (Å²) in [6, 6.07) is 13.9. The molecule has 11 heteroatoms. The van der Waals surface area contributed by atoms with Gasteiger partial charge >= 0.3 is 5.69 Å². The molecule has 0 radical (unpaired) electrons. The maximum Gasteiger partial charge on any atom is 0.336 e. The van der Waals surface area contributed by atoms with E-state index in [0.717, 1.165) is 18.2 Å². The lowest BCUT2D eigenvalue weighted by Crippen LogP contribution is -2.39. The second kappa shape index (κ2) is 9.10. The van der Waals surface area contributed by atoms with Crippen LogP contribution >= 0.6 is 0 Å². The van der Waals surface area contributed by atoms with E-state index in [1.54, 1.807) is 36.4 Å². The fourth-order valence-corrected chi connectivity index (χ4v) is 3.89. The molecule has 2 aromatic heterocycles. The number of para-hydroxylation sites is 1. The fourth-order valence-electron chi connectivity index (χ4n) is 3.89. The molecule has 0 unspecified atom stereocenters. The van der Waals surface area contributed by atoms with E-state index in [1.807, 2.05) is 0 Å². The summed E-state index contributed by atoms with van der Waals surface area (Å²) in [5.41, 5.74) is -1.33. The SMILES string of the molecule is COc1ccc(-c2noc(Cn3c(=O)n(-c4cc(F)ccc4F)c(=O)c4ccccc43)n2)cc1OC. The zero-order valence-electron chi connectivity index (χ0n) is 19.1. The number of benzene rings is 3. The van der Waals surface area contributed by atoms with Crippen LogP contribution in [0.25, 0.3) is 28.0 Å². The van der Waals surface area contributed by atoms with Crippen molar-refractivity contribution in [1.29, 1.82) is 0 Å². The Hall–Kier alpha value is -4.80. The van der Waals surface area contributed by atoms with Crippen LogP contribution in [0, 0.1) is 11.6 Å². The smallest absolute Gasteiger partial charge is 0.336 e. The van der Waals surface area contributed by atoms with Crippen molar-refractivity contribution in [3.8, 4) is 28.6 Å². The molecule has 9 nitrogen and oxygen atoms in total. The topological polar surface area (TPSA) is 101 Å². The number of rotatable bonds is 6. The van der Waals surface area contributed by atoms with Crippen LogP contribution in [0.1, 0.15) is 5.89 Å². The Labute approximate surface area is 201 Å². The minimum atomic E-state index is -0.925. The van der Waals surface area contributed by atoms with Gasteiger partial charge in [0, 0.05) is 11.6 Å². The van der Waals surface area contributed by atoms with Gasteiger partial charge in [0.05, 0.1) is 30.8 Å². The van der Waals surface area contributed by atoms with Crippen molar-refractivity contribution < 1.29 is 22.8 Å². The van der Waals surface area contributed by atoms with Crippen LogP contribution in [-0.2, 0) is 6.54 Å². The average Bonchev–Trinajstić information content (AvgIpc) is 3.37. The molecule has 0 fully saturated rings. The van der Waals surface area contributed by atoms with Crippen LogP contribution in [0.3, 0.4) is 0 Å². The maximum absolute atomic E-state index is 14.5. The molecule has 0 aliphatic heterocycles. The van der Waals surface area contributed by atoms with Gasteiger partial charge in [-0.1, -0.05) is 17.3 Å². The van der Waals surface area contributed by atoms with Crippen LogP contribution in [0.4, 0.5) is 8.78 Å². The first-order valence-corrected chi connectivity index (χ1v) is 10.7. The molecule has 0 saturated heterocycles. The number of hydrogen-bond donors (Lipinski definition) is 0. The third-order valence-electron chi connectivity index (χ3n) is 5.60. The number of aromatic nitrogens is 4. The standard InChI is InChI=1S/C25H18F2N4O5/c1-34-20-10-7-14(11-21(20)35-2)23-28-22(36-29-23)13-30-18-6-4-3-5-16(18)24(32)31(25(30)33)19-12-15(26)8-9-17(19)27/h3-12H,13H2,1-2H3. The van der Waals surface area contributed by atoms with Gasteiger partial charge in [0.15, 0.2) is 11.5 Å². The van der Waals surface area contributed by atoms with Gasteiger partial charge in [0.1, 0.15) is 18.2 Å². The van der Waals surface area contributed by atoms with Crippen LogP contribution < -0.4 is 20.7 Å². The van der Waals surface area contributed by atoms with Gasteiger partial charge in [-0.3, -0.25) is 9.36 Å². The zero-order valence-corrected chi connectivity index (χ0v) is 19.1. The highest BCUT2D eigenvalue weighted by Gasteiger charge is 2.20. The number of halogens is 2. The van der Waals surface area contributed by atoms with E-state index >= 15 is 0 Å². The predicted molar refractivity (Wildman–Crippen MR) is 126 cm³/mol. The molecule has 0 aliphatic rings. The van der Waals surface area contributed by atoms with Crippen molar-refractivity contribution in [3.63, 3.8) is 0 Å². The molecule has 0 N–H and O–H groups in total. The third kappa shape index (κ3) is 3.90. The number of hydrogen-bond acceptors (Lipinski definition) is 7. The summed E-state index contributed by atoms with van der Waals surface area (Å²) in [4.78, 5) is 30.9. The molecule has 5 rings (SSSR count). The van der Waals surface area contributed by atoms with Gasteiger partial charge in [-0.25, -0.2) is 18.1 Å². The summed E-state index contributed by atoms with van der Waals surface area (Å²) < 4.78 is 46.1. The van der Waals surface area contributed by atoms with Crippen LogP contribution in [0.15, 0.2) is 74.8 Å². The quantitative estimate of drug-likeness (QED) is 0.357. The summed E-state index contributed by atoms with van der Waals surface area (Å²) in [6.07, 6.45) is 0. The Morgan fingerprint density at radius 1 is 0.944 bits per heavy atom. The van der Waals surface area contributed by atoms with Gasteiger partial charge in [-0.05, 0) is 42.5 Å². The Kier molecular flexibility index (Phi) is 5.80. The first-order valence-electron chi connectivity index (χ1n) is 10.7. The van der Waals surface area contributed by atoms with Crippen molar-refractivity contribution >= 4 is 10.9 Å². The second-order valence-corrected chi connectivity index (χ2v) is 7.70. The largest absolute Gasteiger partial charge is 0.493 e. The van der Waals surface area contributed by atoms with E-state index in [0.29, 0.717) is 21.6 Å². The van der Waals surface area contributed by atoms with Crippen molar-refractivity contribution in [3.05, 3.63) is 99.0 Å².